The van der Waals surface area contributed by atoms with Gasteiger partial charge >= 0.3 is 6.18 Å². The van der Waals surface area contributed by atoms with Gasteiger partial charge in [0.15, 0.2) is 0 Å². The van der Waals surface area contributed by atoms with Gasteiger partial charge in [0.1, 0.15) is 12.3 Å². The molecule has 19 heavy (non-hydrogen) atoms. The number of fused-ring (bicyclic) bond motifs is 1. The number of benzene rings is 1. The molecule has 0 N–H and O–H groups in total. The van der Waals surface area contributed by atoms with E-state index in [1.165, 1.54) is 6.07 Å². The molecule has 0 unspecified atom stereocenters. The van der Waals surface area contributed by atoms with Crippen molar-refractivity contribution in [2.45, 2.75) is 12.6 Å². The van der Waals surface area contributed by atoms with Crippen molar-refractivity contribution in [3.8, 4) is 5.75 Å². The topological polar surface area (TPSA) is 29.5 Å². The summed E-state index contributed by atoms with van der Waals surface area (Å²) in [5.41, 5.74) is 0.326. The number of carbonyl (C=O) groups is 1. The Hall–Kier alpha value is -1.24. The molecule has 104 valence electrons. The van der Waals surface area contributed by atoms with Crippen LogP contribution in [-0.2, 0) is 6.42 Å². The lowest BCUT2D eigenvalue weighted by Crippen LogP contribution is -2.43. The first-order valence-corrected chi connectivity index (χ1v) is 6.13. The van der Waals surface area contributed by atoms with Gasteiger partial charge in [-0.1, -0.05) is 15.9 Å². The highest BCUT2D eigenvalue weighted by atomic mass is 79.9. The van der Waals surface area contributed by atoms with Crippen LogP contribution in [0.4, 0.5) is 13.2 Å². The fourth-order valence-electron chi connectivity index (χ4n) is 2.04. The van der Waals surface area contributed by atoms with Crippen LogP contribution in [0.3, 0.4) is 0 Å². The summed E-state index contributed by atoms with van der Waals surface area (Å²) < 4.78 is 64.1. The first-order chi connectivity index (χ1) is 9.96. The highest BCUT2D eigenvalue weighted by Crippen LogP contribution is 2.32. The minimum atomic E-state index is -4.52. The third-order valence-corrected chi connectivity index (χ3v) is 3.24. The van der Waals surface area contributed by atoms with Crippen LogP contribution < -0.4 is 4.74 Å². The molecular weight excluding hydrogens is 327 g/mol. The summed E-state index contributed by atoms with van der Waals surface area (Å²) in [6.07, 6.45) is -4.33. The summed E-state index contributed by atoms with van der Waals surface area (Å²) in [4.78, 5) is 12.9. The van der Waals surface area contributed by atoms with E-state index in [-0.39, 0.29) is 24.3 Å². The molecule has 0 radical (unpaired) electrons. The third-order valence-electron chi connectivity index (χ3n) is 2.78. The molecule has 1 amide bonds. The van der Waals surface area contributed by atoms with Crippen molar-refractivity contribution >= 4 is 21.8 Å². The normalized spacial score (nSPS) is 18.4. The number of nitrogens with zero attached hydrogens (tertiary/aromatic N) is 1. The summed E-state index contributed by atoms with van der Waals surface area (Å²) in [6, 6.07) is 2.84. The van der Waals surface area contributed by atoms with Crippen LogP contribution in [0.1, 0.15) is 20.0 Å². The maximum Gasteiger partial charge on any atom is 0.406 e. The van der Waals surface area contributed by atoms with Crippen molar-refractivity contribution in [3.63, 3.8) is 0 Å². The molecule has 0 bridgehead atoms. The molecular formula is C12H11BrF3NO2. The molecule has 1 heterocycles. The SMILES string of the molecule is [2H]C([2H])([2H])Oc1cc(Br)cc2c1C(=O)N(CC(F)(F)F)CC2. The van der Waals surface area contributed by atoms with Gasteiger partial charge in [-0.15, -0.1) is 0 Å². The van der Waals surface area contributed by atoms with Crippen LogP contribution in [0.25, 0.3) is 0 Å². The predicted octanol–water partition coefficient (Wildman–Crippen LogP) is 3.02. The number of rotatable bonds is 2. The fourth-order valence-corrected chi connectivity index (χ4v) is 2.52. The Morgan fingerprint density at radius 1 is 1.53 bits per heavy atom. The number of amides is 1. The zero-order valence-corrected chi connectivity index (χ0v) is 11.1. The number of methoxy groups -OCH3 is 1. The Labute approximate surface area is 120 Å². The van der Waals surface area contributed by atoms with Crippen LogP contribution in [-0.4, -0.2) is 37.1 Å². The van der Waals surface area contributed by atoms with Crippen LogP contribution in [0.5, 0.6) is 5.75 Å². The van der Waals surface area contributed by atoms with Gasteiger partial charge in [0.05, 0.1) is 16.7 Å². The van der Waals surface area contributed by atoms with Crippen molar-refractivity contribution in [1.29, 1.82) is 0 Å². The second kappa shape index (κ2) is 5.03. The van der Waals surface area contributed by atoms with E-state index in [0.717, 1.165) is 0 Å². The Morgan fingerprint density at radius 2 is 2.26 bits per heavy atom. The maximum atomic E-state index is 12.5. The van der Waals surface area contributed by atoms with Crippen LogP contribution in [0, 0.1) is 0 Å². The number of ether oxygens (including phenoxy) is 1. The molecule has 0 saturated carbocycles. The van der Waals surface area contributed by atoms with Gasteiger partial charge in [0, 0.05) is 11.0 Å². The van der Waals surface area contributed by atoms with Crippen molar-refractivity contribution in [2.75, 3.05) is 20.1 Å². The first kappa shape index (κ1) is 10.5. The van der Waals surface area contributed by atoms with E-state index in [2.05, 4.69) is 15.9 Å². The van der Waals surface area contributed by atoms with Crippen LogP contribution >= 0.6 is 15.9 Å². The third kappa shape index (κ3) is 3.02. The van der Waals surface area contributed by atoms with Crippen LogP contribution in [0.2, 0.25) is 0 Å². The Bertz CT molecular complexity index is 605. The second-order valence-electron chi connectivity index (χ2n) is 4.13. The molecule has 1 aliphatic rings. The minimum Gasteiger partial charge on any atom is -0.496 e. The summed E-state index contributed by atoms with van der Waals surface area (Å²) in [5, 5.41) is 0. The molecule has 1 aromatic carbocycles. The molecule has 0 spiro atoms. The minimum absolute atomic E-state index is 0.0883. The van der Waals surface area contributed by atoms with E-state index in [9.17, 15) is 18.0 Å². The first-order valence-electron chi connectivity index (χ1n) is 6.84. The number of alkyl halides is 3. The van der Waals surface area contributed by atoms with Crippen molar-refractivity contribution in [2.24, 2.45) is 0 Å². The van der Waals surface area contributed by atoms with E-state index < -0.39 is 25.7 Å². The molecule has 0 saturated heterocycles. The summed E-state index contributed by atoms with van der Waals surface area (Å²) >= 11 is 3.16. The van der Waals surface area contributed by atoms with E-state index in [0.29, 0.717) is 14.9 Å². The van der Waals surface area contributed by atoms with Crippen molar-refractivity contribution < 1.29 is 26.8 Å². The summed E-state index contributed by atoms with van der Waals surface area (Å²) in [5.74, 6) is -1.13. The highest BCUT2D eigenvalue weighted by molar-refractivity contribution is 9.10. The van der Waals surface area contributed by atoms with Crippen molar-refractivity contribution in [1.82, 2.24) is 4.90 Å². The van der Waals surface area contributed by atoms with Gasteiger partial charge in [-0.05, 0) is 24.1 Å². The molecule has 2 rings (SSSR count). The molecule has 0 aromatic heterocycles. The summed E-state index contributed by atoms with van der Waals surface area (Å²) in [6.45, 7) is -1.47. The molecule has 0 atom stereocenters. The average molecular weight is 341 g/mol. The number of hydrogen-bond acceptors (Lipinski definition) is 2. The lowest BCUT2D eigenvalue weighted by atomic mass is 9.98. The van der Waals surface area contributed by atoms with Gasteiger partial charge in [0.2, 0.25) is 0 Å². The largest absolute Gasteiger partial charge is 0.496 e. The Morgan fingerprint density at radius 3 is 2.89 bits per heavy atom. The van der Waals surface area contributed by atoms with E-state index >= 15 is 0 Å². The predicted molar refractivity (Wildman–Crippen MR) is 66.4 cm³/mol. The molecule has 0 fully saturated rings. The number of hydrogen-bond donors (Lipinski definition) is 0. The average Bonchev–Trinajstić information content (AvgIpc) is 2.28. The maximum absolute atomic E-state index is 12.5. The fraction of sp³-hybridized carbons (Fsp3) is 0.417. The molecule has 3 nitrogen and oxygen atoms in total. The van der Waals surface area contributed by atoms with E-state index in [1.54, 1.807) is 6.07 Å². The molecule has 7 heteroatoms. The Balaban J connectivity index is 2.41. The van der Waals surface area contributed by atoms with Gasteiger partial charge in [-0.2, -0.15) is 13.2 Å². The second-order valence-corrected chi connectivity index (χ2v) is 5.05. The zero-order chi connectivity index (χ0) is 16.7. The smallest absolute Gasteiger partial charge is 0.406 e. The number of halogens is 4. The van der Waals surface area contributed by atoms with Gasteiger partial charge < -0.3 is 9.64 Å². The van der Waals surface area contributed by atoms with E-state index in [4.69, 9.17) is 8.85 Å². The lowest BCUT2D eigenvalue weighted by Gasteiger charge is -2.30. The Kier molecular flexibility index (Phi) is 2.79. The molecule has 0 aliphatic carbocycles. The van der Waals surface area contributed by atoms with E-state index in [1.807, 2.05) is 0 Å². The van der Waals surface area contributed by atoms with Gasteiger partial charge in [-0.25, -0.2) is 0 Å². The van der Waals surface area contributed by atoms with Crippen molar-refractivity contribution in [3.05, 3.63) is 27.7 Å². The quantitative estimate of drug-likeness (QED) is 0.828. The number of carbonyl (C=O) groups excluding carboxylic acids is 1. The standard InChI is InChI=1S/C12H11BrF3NO2/c1-19-9-5-8(13)4-7-2-3-17(6-12(14,15)16)11(18)10(7)9/h4-5H,2-3,6H2,1H3/i1D3. The summed E-state index contributed by atoms with van der Waals surface area (Å²) in [7, 11) is -2.80. The molecule has 1 aromatic rings. The molecule has 1 aliphatic heterocycles. The highest BCUT2D eigenvalue weighted by Gasteiger charge is 2.36. The lowest BCUT2D eigenvalue weighted by molar-refractivity contribution is -0.141. The van der Waals surface area contributed by atoms with Crippen LogP contribution in [0.15, 0.2) is 16.6 Å². The van der Waals surface area contributed by atoms with Gasteiger partial charge in [-0.3, -0.25) is 4.79 Å². The van der Waals surface area contributed by atoms with Gasteiger partial charge in [0.25, 0.3) is 5.91 Å². The monoisotopic (exact) mass is 340 g/mol. The zero-order valence-electron chi connectivity index (χ0n) is 12.6.